The first-order valence-corrected chi connectivity index (χ1v) is 10.0. The lowest BCUT2D eigenvalue weighted by Crippen LogP contribution is -2.05. The largest absolute Gasteiger partial charge is 0.300 e. The third kappa shape index (κ3) is 5.15. The van der Waals surface area contributed by atoms with Crippen molar-refractivity contribution in [3.8, 4) is 0 Å². The molecule has 2 aromatic rings. The SMILES string of the molecule is CC(=O)CC(=O)c1ccc(C2=C(c3ccc(C(=O)CC(C)=O)cc3)CCC=C2)cc1. The van der Waals surface area contributed by atoms with Crippen LogP contribution >= 0.6 is 0 Å². The van der Waals surface area contributed by atoms with Gasteiger partial charge in [-0.2, -0.15) is 0 Å². The van der Waals surface area contributed by atoms with E-state index in [1.807, 2.05) is 24.3 Å². The van der Waals surface area contributed by atoms with Crippen LogP contribution in [0.1, 0.15) is 71.4 Å². The topological polar surface area (TPSA) is 68.3 Å². The normalized spacial score (nSPS) is 13.3. The fraction of sp³-hybridized carbons (Fsp3) is 0.231. The predicted octanol–water partition coefficient (Wildman–Crippen LogP) is 5.27. The Labute approximate surface area is 176 Å². The minimum atomic E-state index is -0.173. The van der Waals surface area contributed by atoms with Crippen molar-refractivity contribution in [2.75, 3.05) is 0 Å². The molecule has 0 aliphatic heterocycles. The molecule has 4 nitrogen and oxygen atoms in total. The molecule has 2 aromatic carbocycles. The smallest absolute Gasteiger partial charge is 0.170 e. The molecule has 0 atom stereocenters. The first kappa shape index (κ1) is 21.3. The monoisotopic (exact) mass is 400 g/mol. The number of Topliss-reactive ketones (excluding diaryl/α,β-unsaturated/α-hetero) is 4. The summed E-state index contributed by atoms with van der Waals surface area (Å²) in [5, 5.41) is 0. The van der Waals surface area contributed by atoms with Gasteiger partial charge in [0.25, 0.3) is 0 Å². The zero-order chi connectivity index (χ0) is 21.7. The molecule has 3 rings (SSSR count). The molecule has 0 amide bonds. The van der Waals surface area contributed by atoms with E-state index in [9.17, 15) is 19.2 Å². The highest BCUT2D eigenvalue weighted by Gasteiger charge is 2.15. The number of hydrogen-bond donors (Lipinski definition) is 0. The molecule has 0 radical (unpaired) electrons. The van der Waals surface area contributed by atoms with E-state index in [1.54, 1.807) is 24.3 Å². The standard InChI is InChI=1S/C26H24O4/c1-17(27)15-25(29)21-11-7-19(8-12-21)23-5-3-4-6-24(23)20-9-13-22(14-10-20)26(30)16-18(2)28/h3,5,7-14H,4,6,15-16H2,1-2H3. The van der Waals surface area contributed by atoms with Gasteiger partial charge in [-0.05, 0) is 49.0 Å². The number of benzene rings is 2. The molecule has 0 fully saturated rings. The number of allylic oxidation sites excluding steroid dienone is 4. The minimum Gasteiger partial charge on any atom is -0.300 e. The highest BCUT2D eigenvalue weighted by atomic mass is 16.2. The van der Waals surface area contributed by atoms with Gasteiger partial charge in [0.2, 0.25) is 0 Å². The summed E-state index contributed by atoms with van der Waals surface area (Å²) in [5.41, 5.74) is 5.35. The van der Waals surface area contributed by atoms with Gasteiger partial charge >= 0.3 is 0 Å². The average Bonchev–Trinajstić information content (AvgIpc) is 2.73. The van der Waals surface area contributed by atoms with Crippen LogP contribution in [0.3, 0.4) is 0 Å². The van der Waals surface area contributed by atoms with E-state index in [1.165, 1.54) is 19.4 Å². The second kappa shape index (κ2) is 9.40. The van der Waals surface area contributed by atoms with Crippen molar-refractivity contribution in [2.45, 2.75) is 39.5 Å². The average molecular weight is 400 g/mol. The van der Waals surface area contributed by atoms with E-state index in [-0.39, 0.29) is 36.0 Å². The third-order valence-corrected chi connectivity index (χ3v) is 5.06. The number of hydrogen-bond acceptors (Lipinski definition) is 4. The summed E-state index contributed by atoms with van der Waals surface area (Å²) < 4.78 is 0. The van der Waals surface area contributed by atoms with Crippen LogP contribution in [-0.2, 0) is 9.59 Å². The van der Waals surface area contributed by atoms with Crippen molar-refractivity contribution in [2.24, 2.45) is 0 Å². The molecule has 0 heterocycles. The van der Waals surface area contributed by atoms with Gasteiger partial charge in [-0.25, -0.2) is 0 Å². The van der Waals surface area contributed by atoms with E-state index in [0.29, 0.717) is 11.1 Å². The third-order valence-electron chi connectivity index (χ3n) is 5.06. The molecular formula is C26H24O4. The van der Waals surface area contributed by atoms with E-state index >= 15 is 0 Å². The van der Waals surface area contributed by atoms with Gasteiger partial charge in [0.05, 0.1) is 12.8 Å². The van der Waals surface area contributed by atoms with Gasteiger partial charge < -0.3 is 0 Å². The van der Waals surface area contributed by atoms with Crippen molar-refractivity contribution >= 4 is 34.3 Å². The van der Waals surface area contributed by atoms with Gasteiger partial charge in [0.1, 0.15) is 11.6 Å². The predicted molar refractivity (Wildman–Crippen MR) is 117 cm³/mol. The lowest BCUT2D eigenvalue weighted by molar-refractivity contribution is -0.117. The Bertz CT molecular complexity index is 1050. The van der Waals surface area contributed by atoms with Crippen LogP contribution < -0.4 is 0 Å². The summed E-state index contributed by atoms with van der Waals surface area (Å²) in [4.78, 5) is 46.5. The summed E-state index contributed by atoms with van der Waals surface area (Å²) in [6.07, 6.45) is 5.85. The van der Waals surface area contributed by atoms with Crippen molar-refractivity contribution in [3.05, 3.63) is 82.9 Å². The highest BCUT2D eigenvalue weighted by Crippen LogP contribution is 2.34. The Morgan fingerprint density at radius 1 is 0.700 bits per heavy atom. The van der Waals surface area contributed by atoms with Crippen molar-refractivity contribution < 1.29 is 19.2 Å². The van der Waals surface area contributed by atoms with Crippen molar-refractivity contribution in [1.82, 2.24) is 0 Å². The van der Waals surface area contributed by atoms with E-state index in [0.717, 1.165) is 29.5 Å². The summed E-state index contributed by atoms with van der Waals surface area (Å²) in [5.74, 6) is -0.628. The van der Waals surface area contributed by atoms with Crippen LogP contribution in [-0.4, -0.2) is 23.1 Å². The van der Waals surface area contributed by atoms with Gasteiger partial charge in [0, 0.05) is 11.1 Å². The molecule has 0 unspecified atom stereocenters. The number of rotatable bonds is 8. The van der Waals surface area contributed by atoms with Crippen LogP contribution in [0.2, 0.25) is 0 Å². The quantitative estimate of drug-likeness (QED) is 0.447. The fourth-order valence-electron chi connectivity index (χ4n) is 3.58. The van der Waals surface area contributed by atoms with Crippen LogP contribution in [0.5, 0.6) is 0 Å². The van der Waals surface area contributed by atoms with E-state index in [4.69, 9.17) is 0 Å². The molecule has 0 saturated carbocycles. The molecule has 0 aromatic heterocycles. The Morgan fingerprint density at radius 3 is 1.63 bits per heavy atom. The van der Waals surface area contributed by atoms with Gasteiger partial charge in [0.15, 0.2) is 11.6 Å². The minimum absolute atomic E-state index is 0.0786. The molecular weight excluding hydrogens is 376 g/mol. The first-order chi connectivity index (χ1) is 14.3. The molecule has 4 heteroatoms. The zero-order valence-corrected chi connectivity index (χ0v) is 17.2. The Morgan fingerprint density at radius 2 is 1.17 bits per heavy atom. The van der Waals surface area contributed by atoms with E-state index < -0.39 is 0 Å². The van der Waals surface area contributed by atoms with E-state index in [2.05, 4.69) is 12.2 Å². The molecule has 0 N–H and O–H groups in total. The lowest BCUT2D eigenvalue weighted by Gasteiger charge is -2.17. The molecule has 0 saturated heterocycles. The van der Waals surface area contributed by atoms with Gasteiger partial charge in [-0.15, -0.1) is 0 Å². The van der Waals surface area contributed by atoms with Crippen LogP contribution in [0.4, 0.5) is 0 Å². The molecule has 152 valence electrons. The highest BCUT2D eigenvalue weighted by molar-refractivity contribution is 6.08. The van der Waals surface area contributed by atoms with Crippen molar-refractivity contribution in [1.29, 1.82) is 0 Å². The Balaban J connectivity index is 1.89. The zero-order valence-electron chi connectivity index (χ0n) is 17.2. The lowest BCUT2D eigenvalue weighted by atomic mass is 9.87. The Hall–Kier alpha value is -3.40. The number of ketones is 4. The Kier molecular flexibility index (Phi) is 6.68. The van der Waals surface area contributed by atoms with Gasteiger partial charge in [-0.3, -0.25) is 19.2 Å². The molecule has 0 spiro atoms. The molecule has 1 aliphatic rings. The number of carbonyl (C=O) groups excluding carboxylic acids is 4. The molecule has 0 bridgehead atoms. The number of carbonyl (C=O) groups is 4. The fourth-order valence-corrected chi connectivity index (χ4v) is 3.58. The molecule has 1 aliphatic carbocycles. The maximum Gasteiger partial charge on any atom is 0.170 e. The second-order valence-electron chi connectivity index (χ2n) is 7.59. The summed E-state index contributed by atoms with van der Waals surface area (Å²) >= 11 is 0. The molecule has 30 heavy (non-hydrogen) atoms. The summed E-state index contributed by atoms with van der Waals surface area (Å²) in [7, 11) is 0. The maximum atomic E-state index is 12.1. The second-order valence-corrected chi connectivity index (χ2v) is 7.59. The maximum absolute atomic E-state index is 12.1. The van der Waals surface area contributed by atoms with Gasteiger partial charge in [-0.1, -0.05) is 60.7 Å². The summed E-state index contributed by atoms with van der Waals surface area (Å²) in [6, 6.07) is 14.7. The summed E-state index contributed by atoms with van der Waals surface area (Å²) in [6.45, 7) is 2.83. The van der Waals surface area contributed by atoms with Crippen molar-refractivity contribution in [3.63, 3.8) is 0 Å². The first-order valence-electron chi connectivity index (χ1n) is 10.0. The van der Waals surface area contributed by atoms with Crippen LogP contribution in [0.15, 0.2) is 60.7 Å². The van der Waals surface area contributed by atoms with Crippen LogP contribution in [0, 0.1) is 0 Å². The van der Waals surface area contributed by atoms with Crippen LogP contribution in [0.25, 0.3) is 11.1 Å².